The molecule has 1 atom stereocenters. The minimum absolute atomic E-state index is 0.0195. The minimum atomic E-state index is -0.150. The number of primary amides is 1. The van der Waals surface area contributed by atoms with E-state index in [0.29, 0.717) is 5.92 Å². The third kappa shape index (κ3) is 3.33. The van der Waals surface area contributed by atoms with Gasteiger partial charge in [-0.25, -0.2) is 0 Å². The van der Waals surface area contributed by atoms with Crippen molar-refractivity contribution in [2.75, 3.05) is 13.1 Å². The topological polar surface area (TPSA) is 55.1 Å². The summed E-state index contributed by atoms with van der Waals surface area (Å²) in [6, 6.07) is 8.36. The minimum Gasteiger partial charge on any atom is -0.369 e. The molecule has 1 aromatic rings. The number of carbonyl (C=O) groups is 1. The fourth-order valence-electron chi connectivity index (χ4n) is 2.84. The van der Waals surface area contributed by atoms with E-state index < -0.39 is 0 Å². The smallest absolute Gasteiger partial charge is 0.221 e. The van der Waals surface area contributed by atoms with Crippen LogP contribution in [0.1, 0.15) is 24.0 Å². The molecule has 18 heavy (non-hydrogen) atoms. The van der Waals surface area contributed by atoms with Gasteiger partial charge in [0.2, 0.25) is 5.91 Å². The van der Waals surface area contributed by atoms with E-state index in [1.807, 2.05) is 6.07 Å². The summed E-state index contributed by atoms with van der Waals surface area (Å²) in [5.74, 6) is 0.265. The number of hydrogen-bond acceptors (Lipinski definition) is 2. The Morgan fingerprint density at radius 2 is 2.17 bits per heavy atom. The third-order valence-electron chi connectivity index (χ3n) is 3.86. The molecule has 98 valence electrons. The number of amides is 1. The highest BCUT2D eigenvalue weighted by Gasteiger charge is 2.27. The highest BCUT2D eigenvalue weighted by molar-refractivity contribution is 5.77. The van der Waals surface area contributed by atoms with Gasteiger partial charge in [0.15, 0.2) is 0 Å². The van der Waals surface area contributed by atoms with Crippen molar-refractivity contribution >= 4 is 5.91 Å². The van der Waals surface area contributed by atoms with Crippen LogP contribution in [0.3, 0.4) is 0 Å². The normalized spacial score (nSPS) is 18.5. The molecular formula is C15H22N2O. The van der Waals surface area contributed by atoms with Crippen LogP contribution in [0.15, 0.2) is 24.3 Å². The van der Waals surface area contributed by atoms with Crippen molar-refractivity contribution in [2.24, 2.45) is 17.6 Å². The molecule has 1 aliphatic rings. The van der Waals surface area contributed by atoms with Crippen LogP contribution in [0.2, 0.25) is 0 Å². The first kappa shape index (κ1) is 13.1. The zero-order valence-corrected chi connectivity index (χ0v) is 11.0. The monoisotopic (exact) mass is 246 g/mol. The zero-order chi connectivity index (χ0) is 13.0. The summed E-state index contributed by atoms with van der Waals surface area (Å²) in [4.78, 5) is 11.7. The second-order valence-corrected chi connectivity index (χ2v) is 5.29. The van der Waals surface area contributed by atoms with E-state index in [4.69, 9.17) is 5.73 Å². The molecule has 0 radical (unpaired) electrons. The summed E-state index contributed by atoms with van der Waals surface area (Å²) >= 11 is 0. The Morgan fingerprint density at radius 3 is 2.78 bits per heavy atom. The quantitative estimate of drug-likeness (QED) is 0.848. The van der Waals surface area contributed by atoms with E-state index in [1.54, 1.807) is 0 Å². The van der Waals surface area contributed by atoms with Crippen LogP contribution >= 0.6 is 0 Å². The first-order chi connectivity index (χ1) is 8.66. The number of nitrogens with two attached hydrogens (primary N) is 1. The van der Waals surface area contributed by atoms with E-state index in [9.17, 15) is 4.79 Å². The van der Waals surface area contributed by atoms with Crippen LogP contribution in [0, 0.1) is 18.8 Å². The van der Waals surface area contributed by atoms with Gasteiger partial charge < -0.3 is 11.1 Å². The molecule has 3 nitrogen and oxygen atoms in total. The molecule has 1 heterocycles. The molecule has 1 unspecified atom stereocenters. The van der Waals surface area contributed by atoms with Gasteiger partial charge in [-0.3, -0.25) is 4.79 Å². The van der Waals surface area contributed by atoms with Crippen molar-refractivity contribution in [3.05, 3.63) is 35.4 Å². The number of rotatable bonds is 4. The second kappa shape index (κ2) is 6.01. The molecule has 1 saturated heterocycles. The Kier molecular flexibility index (Phi) is 4.37. The van der Waals surface area contributed by atoms with Crippen molar-refractivity contribution in [3.8, 4) is 0 Å². The maximum atomic E-state index is 11.7. The molecule has 0 bridgehead atoms. The second-order valence-electron chi connectivity index (χ2n) is 5.29. The van der Waals surface area contributed by atoms with Crippen LogP contribution in [-0.4, -0.2) is 19.0 Å². The molecule has 0 spiro atoms. The van der Waals surface area contributed by atoms with Crippen molar-refractivity contribution in [1.29, 1.82) is 0 Å². The molecule has 1 aromatic carbocycles. The van der Waals surface area contributed by atoms with E-state index in [0.717, 1.165) is 32.4 Å². The Balaban J connectivity index is 2.08. The van der Waals surface area contributed by atoms with E-state index >= 15 is 0 Å². The van der Waals surface area contributed by atoms with Gasteiger partial charge in [0.1, 0.15) is 0 Å². The fraction of sp³-hybridized carbons (Fsp3) is 0.533. The summed E-state index contributed by atoms with van der Waals surface area (Å²) in [7, 11) is 0. The maximum Gasteiger partial charge on any atom is 0.221 e. The van der Waals surface area contributed by atoms with Gasteiger partial charge >= 0.3 is 0 Å². The van der Waals surface area contributed by atoms with Crippen molar-refractivity contribution in [3.63, 3.8) is 0 Å². The lowest BCUT2D eigenvalue weighted by Gasteiger charge is -2.28. The van der Waals surface area contributed by atoms with Gasteiger partial charge in [0.05, 0.1) is 0 Å². The number of carbonyl (C=O) groups excluding carboxylic acids is 1. The lowest BCUT2D eigenvalue weighted by molar-refractivity contribution is -0.123. The Labute approximate surface area is 109 Å². The van der Waals surface area contributed by atoms with E-state index in [-0.39, 0.29) is 11.8 Å². The first-order valence-corrected chi connectivity index (χ1v) is 6.72. The van der Waals surface area contributed by atoms with Crippen molar-refractivity contribution in [1.82, 2.24) is 5.32 Å². The summed E-state index contributed by atoms with van der Waals surface area (Å²) < 4.78 is 0. The SMILES string of the molecule is Cc1cccc(CC(C(N)=O)C2CCNCC2)c1. The number of benzene rings is 1. The van der Waals surface area contributed by atoms with Crippen LogP contribution in [-0.2, 0) is 11.2 Å². The third-order valence-corrected chi connectivity index (χ3v) is 3.86. The summed E-state index contributed by atoms with van der Waals surface area (Å²) in [5.41, 5.74) is 8.05. The standard InChI is InChI=1S/C15H22N2O/c1-11-3-2-4-12(9-11)10-14(15(16)18)13-5-7-17-8-6-13/h2-4,9,13-14,17H,5-8,10H2,1H3,(H2,16,18). The van der Waals surface area contributed by atoms with Gasteiger partial charge in [-0.2, -0.15) is 0 Å². The Morgan fingerprint density at radius 1 is 1.44 bits per heavy atom. The Bertz CT molecular complexity index is 411. The molecule has 1 amide bonds. The highest BCUT2D eigenvalue weighted by Crippen LogP contribution is 2.25. The van der Waals surface area contributed by atoms with Gasteiger partial charge in [0.25, 0.3) is 0 Å². The largest absolute Gasteiger partial charge is 0.369 e. The molecular weight excluding hydrogens is 224 g/mol. The van der Waals surface area contributed by atoms with Gasteiger partial charge in [0, 0.05) is 5.92 Å². The van der Waals surface area contributed by atoms with Gasteiger partial charge in [-0.1, -0.05) is 29.8 Å². The van der Waals surface area contributed by atoms with Crippen LogP contribution in [0.25, 0.3) is 0 Å². The van der Waals surface area contributed by atoms with Gasteiger partial charge in [-0.05, 0) is 50.8 Å². The number of piperidine rings is 1. The van der Waals surface area contributed by atoms with Crippen molar-refractivity contribution < 1.29 is 4.79 Å². The molecule has 1 aliphatic heterocycles. The van der Waals surface area contributed by atoms with Crippen LogP contribution in [0.5, 0.6) is 0 Å². The molecule has 1 fully saturated rings. The molecule has 3 N–H and O–H groups in total. The maximum absolute atomic E-state index is 11.7. The average molecular weight is 246 g/mol. The number of aryl methyl sites for hydroxylation is 1. The van der Waals surface area contributed by atoms with Gasteiger partial charge in [-0.15, -0.1) is 0 Å². The molecule has 2 rings (SSSR count). The lowest BCUT2D eigenvalue weighted by atomic mass is 9.80. The van der Waals surface area contributed by atoms with Crippen LogP contribution in [0.4, 0.5) is 0 Å². The molecule has 0 aliphatic carbocycles. The number of nitrogens with one attached hydrogen (secondary N) is 1. The average Bonchev–Trinajstić information content (AvgIpc) is 2.37. The summed E-state index contributed by atoms with van der Waals surface area (Å²) in [5, 5.41) is 3.33. The van der Waals surface area contributed by atoms with Crippen molar-refractivity contribution in [2.45, 2.75) is 26.2 Å². The van der Waals surface area contributed by atoms with Crippen LogP contribution < -0.4 is 11.1 Å². The summed E-state index contributed by atoms with van der Waals surface area (Å²) in [6.07, 6.45) is 2.89. The molecule has 0 saturated carbocycles. The van der Waals surface area contributed by atoms with E-state index in [1.165, 1.54) is 11.1 Å². The zero-order valence-electron chi connectivity index (χ0n) is 11.0. The summed E-state index contributed by atoms with van der Waals surface area (Å²) in [6.45, 7) is 4.08. The Hall–Kier alpha value is -1.35. The lowest BCUT2D eigenvalue weighted by Crippen LogP contribution is -2.38. The fourth-order valence-corrected chi connectivity index (χ4v) is 2.84. The number of hydrogen-bond donors (Lipinski definition) is 2. The highest BCUT2D eigenvalue weighted by atomic mass is 16.1. The predicted molar refractivity (Wildman–Crippen MR) is 73.2 cm³/mol. The molecule has 0 aromatic heterocycles. The first-order valence-electron chi connectivity index (χ1n) is 6.72. The van der Waals surface area contributed by atoms with E-state index in [2.05, 4.69) is 30.4 Å². The molecule has 3 heteroatoms. The predicted octanol–water partition coefficient (Wildman–Crippen LogP) is 1.64.